The molecule has 0 aliphatic rings. The fourth-order valence-corrected chi connectivity index (χ4v) is 4.40. The summed E-state index contributed by atoms with van der Waals surface area (Å²) in [5.41, 5.74) is 1.28. The van der Waals surface area contributed by atoms with E-state index in [4.69, 9.17) is 4.42 Å². The summed E-state index contributed by atoms with van der Waals surface area (Å²) < 4.78 is 32.6. The Bertz CT molecular complexity index is 1240. The highest BCUT2D eigenvalue weighted by molar-refractivity contribution is 7.89. The van der Waals surface area contributed by atoms with Crippen molar-refractivity contribution in [1.29, 1.82) is 0 Å². The maximum absolute atomic E-state index is 12.3. The van der Waals surface area contributed by atoms with Crippen molar-refractivity contribution in [2.24, 2.45) is 0 Å². The molecule has 1 amide bonds. The molecule has 29 heavy (non-hydrogen) atoms. The predicted molar refractivity (Wildman–Crippen MR) is 111 cm³/mol. The van der Waals surface area contributed by atoms with E-state index in [0.717, 1.165) is 15.2 Å². The molecule has 0 bridgehead atoms. The van der Waals surface area contributed by atoms with Gasteiger partial charge in [-0.3, -0.25) is 4.79 Å². The number of benzene rings is 2. The van der Waals surface area contributed by atoms with Crippen molar-refractivity contribution in [2.75, 3.05) is 7.05 Å². The number of furan rings is 1. The molecule has 148 valence electrons. The second-order valence-electron chi connectivity index (χ2n) is 6.17. The third kappa shape index (κ3) is 4.07. The maximum Gasteiger partial charge on any atom is 0.251 e. The van der Waals surface area contributed by atoms with Crippen molar-refractivity contribution in [1.82, 2.24) is 15.0 Å². The van der Waals surface area contributed by atoms with Gasteiger partial charge in [0.25, 0.3) is 5.91 Å². The quantitative estimate of drug-likeness (QED) is 0.491. The van der Waals surface area contributed by atoms with Gasteiger partial charge in [-0.2, -0.15) is 0 Å². The highest BCUT2D eigenvalue weighted by Crippen LogP contribution is 2.31. The van der Waals surface area contributed by atoms with Crippen LogP contribution >= 0.6 is 11.3 Å². The predicted octanol–water partition coefficient (Wildman–Crippen LogP) is 3.39. The largest absolute Gasteiger partial charge is 0.457 e. The van der Waals surface area contributed by atoms with E-state index >= 15 is 0 Å². The SMILES string of the molecule is CNS(=O)(=O)c1ccc(C(=O)NCc2ccc(-c3nc4ccccc4s3)o2)cc1. The highest BCUT2D eigenvalue weighted by Gasteiger charge is 2.14. The number of rotatable bonds is 6. The Balaban J connectivity index is 1.42. The minimum Gasteiger partial charge on any atom is -0.457 e. The van der Waals surface area contributed by atoms with E-state index in [1.54, 1.807) is 17.4 Å². The maximum atomic E-state index is 12.3. The number of thiazole rings is 1. The molecule has 0 saturated heterocycles. The number of sulfonamides is 1. The second kappa shape index (κ2) is 7.78. The number of aromatic nitrogens is 1. The van der Waals surface area contributed by atoms with Crippen LogP contribution in [0, 0.1) is 0 Å². The Kier molecular flexibility index (Phi) is 5.18. The molecule has 2 aromatic carbocycles. The lowest BCUT2D eigenvalue weighted by atomic mass is 10.2. The Morgan fingerprint density at radius 2 is 1.83 bits per heavy atom. The number of carbonyl (C=O) groups is 1. The van der Waals surface area contributed by atoms with Crippen molar-refractivity contribution < 1.29 is 17.6 Å². The summed E-state index contributed by atoms with van der Waals surface area (Å²) in [7, 11) is -2.20. The molecular weight excluding hydrogens is 410 g/mol. The van der Waals surface area contributed by atoms with Gasteiger partial charge in [0.15, 0.2) is 10.8 Å². The zero-order chi connectivity index (χ0) is 20.4. The molecule has 7 nitrogen and oxygen atoms in total. The average molecular weight is 428 g/mol. The monoisotopic (exact) mass is 427 g/mol. The van der Waals surface area contributed by atoms with Gasteiger partial charge in [0.1, 0.15) is 5.76 Å². The van der Waals surface area contributed by atoms with Crippen LogP contribution in [0.25, 0.3) is 21.0 Å². The van der Waals surface area contributed by atoms with Gasteiger partial charge in [0.2, 0.25) is 10.0 Å². The number of carbonyl (C=O) groups excluding carboxylic acids is 1. The lowest BCUT2D eigenvalue weighted by molar-refractivity contribution is 0.0948. The van der Waals surface area contributed by atoms with Crippen LogP contribution in [-0.2, 0) is 16.6 Å². The van der Waals surface area contributed by atoms with Crippen LogP contribution in [0.4, 0.5) is 0 Å². The van der Waals surface area contributed by atoms with E-state index in [1.807, 2.05) is 30.3 Å². The van der Waals surface area contributed by atoms with E-state index in [-0.39, 0.29) is 17.3 Å². The van der Waals surface area contributed by atoms with Crippen molar-refractivity contribution in [3.8, 4) is 10.8 Å². The number of nitrogens with zero attached hydrogens (tertiary/aromatic N) is 1. The molecule has 4 aromatic rings. The summed E-state index contributed by atoms with van der Waals surface area (Å²) in [6.07, 6.45) is 0. The molecule has 2 heterocycles. The number of amides is 1. The van der Waals surface area contributed by atoms with Crippen molar-refractivity contribution in [2.45, 2.75) is 11.4 Å². The molecule has 0 aliphatic heterocycles. The number of nitrogens with one attached hydrogen (secondary N) is 2. The first-order chi connectivity index (χ1) is 14.0. The number of fused-ring (bicyclic) bond motifs is 1. The molecule has 0 unspecified atom stereocenters. The Hall–Kier alpha value is -3.01. The lowest BCUT2D eigenvalue weighted by Gasteiger charge is -2.05. The molecule has 0 radical (unpaired) electrons. The number of hydrogen-bond acceptors (Lipinski definition) is 6. The molecule has 9 heteroatoms. The highest BCUT2D eigenvalue weighted by atomic mass is 32.2. The van der Waals surface area contributed by atoms with Crippen LogP contribution < -0.4 is 10.0 Å². The molecule has 0 atom stereocenters. The van der Waals surface area contributed by atoms with E-state index in [9.17, 15) is 13.2 Å². The summed E-state index contributed by atoms with van der Waals surface area (Å²) in [4.78, 5) is 17.0. The Morgan fingerprint density at radius 3 is 2.55 bits per heavy atom. The Labute approximate surface area is 171 Å². The zero-order valence-electron chi connectivity index (χ0n) is 15.4. The first-order valence-electron chi connectivity index (χ1n) is 8.73. The van der Waals surface area contributed by atoms with Crippen LogP contribution in [0.15, 0.2) is 70.0 Å². The minimum atomic E-state index is -3.53. The molecule has 0 spiro atoms. The number of hydrogen-bond donors (Lipinski definition) is 2. The second-order valence-corrected chi connectivity index (χ2v) is 9.08. The van der Waals surface area contributed by atoms with Gasteiger partial charge >= 0.3 is 0 Å². The van der Waals surface area contributed by atoms with Gasteiger partial charge in [-0.15, -0.1) is 11.3 Å². The van der Waals surface area contributed by atoms with Gasteiger partial charge in [0, 0.05) is 5.56 Å². The first kappa shape index (κ1) is 19.3. The van der Waals surface area contributed by atoms with Crippen LogP contribution in [0.5, 0.6) is 0 Å². The number of para-hydroxylation sites is 1. The fraction of sp³-hybridized carbons (Fsp3) is 0.100. The molecule has 0 fully saturated rings. The van der Waals surface area contributed by atoms with E-state index < -0.39 is 10.0 Å². The molecular formula is C20H17N3O4S2. The molecule has 0 aliphatic carbocycles. The van der Waals surface area contributed by atoms with Gasteiger partial charge in [0.05, 0.1) is 21.7 Å². The summed E-state index contributed by atoms with van der Waals surface area (Å²) in [5, 5.41) is 3.55. The van der Waals surface area contributed by atoms with Crippen molar-refractivity contribution >= 4 is 37.5 Å². The minimum absolute atomic E-state index is 0.100. The van der Waals surface area contributed by atoms with Crippen LogP contribution in [-0.4, -0.2) is 26.4 Å². The molecule has 4 rings (SSSR count). The van der Waals surface area contributed by atoms with Gasteiger partial charge in [-0.25, -0.2) is 18.1 Å². The summed E-state index contributed by atoms with van der Waals surface area (Å²) >= 11 is 1.54. The molecule has 2 N–H and O–H groups in total. The van der Waals surface area contributed by atoms with E-state index in [0.29, 0.717) is 17.1 Å². The van der Waals surface area contributed by atoms with Gasteiger partial charge < -0.3 is 9.73 Å². The van der Waals surface area contributed by atoms with Crippen molar-refractivity contribution in [3.05, 3.63) is 72.0 Å². The molecule has 0 saturated carbocycles. The molecule has 2 aromatic heterocycles. The van der Waals surface area contributed by atoms with E-state index in [2.05, 4.69) is 15.0 Å². The standard InChI is InChI=1S/C20H17N3O4S2/c1-21-29(25,26)15-9-6-13(7-10-15)19(24)22-12-14-8-11-17(27-14)20-23-16-4-2-3-5-18(16)28-20/h2-11,21H,12H2,1H3,(H,22,24). The third-order valence-corrected chi connectivity index (χ3v) is 6.77. The first-order valence-corrected chi connectivity index (χ1v) is 11.0. The lowest BCUT2D eigenvalue weighted by Crippen LogP contribution is -2.23. The van der Waals surface area contributed by atoms with Crippen molar-refractivity contribution in [3.63, 3.8) is 0 Å². The third-order valence-electron chi connectivity index (χ3n) is 4.29. The van der Waals surface area contributed by atoms with Gasteiger partial charge in [-0.05, 0) is 55.6 Å². The Morgan fingerprint density at radius 1 is 1.07 bits per heavy atom. The summed E-state index contributed by atoms with van der Waals surface area (Å²) in [6.45, 7) is 0.209. The van der Waals surface area contributed by atoms with Crippen LogP contribution in [0.3, 0.4) is 0 Å². The summed E-state index contributed by atoms with van der Waals surface area (Å²) in [5.74, 6) is 0.926. The summed E-state index contributed by atoms with van der Waals surface area (Å²) in [6, 6.07) is 17.2. The van der Waals surface area contributed by atoms with Gasteiger partial charge in [-0.1, -0.05) is 12.1 Å². The smallest absolute Gasteiger partial charge is 0.251 e. The average Bonchev–Trinajstić information content (AvgIpc) is 3.38. The zero-order valence-corrected chi connectivity index (χ0v) is 17.0. The topological polar surface area (TPSA) is 101 Å². The normalized spacial score (nSPS) is 11.6. The van der Waals surface area contributed by atoms with Crippen LogP contribution in [0.2, 0.25) is 0 Å². The fourth-order valence-electron chi connectivity index (χ4n) is 2.74. The van der Waals surface area contributed by atoms with Crippen LogP contribution in [0.1, 0.15) is 16.1 Å². The van der Waals surface area contributed by atoms with E-state index in [1.165, 1.54) is 31.3 Å².